The molecule has 45 heavy (non-hydrogen) atoms. The average Bonchev–Trinajstić information content (AvgIpc) is 3.58. The van der Waals surface area contributed by atoms with Gasteiger partial charge in [-0.25, -0.2) is 19.9 Å². The third-order valence-electron chi connectivity index (χ3n) is 7.79. The smallest absolute Gasteiger partial charge is 0.166 e. The summed E-state index contributed by atoms with van der Waals surface area (Å²) in [5.41, 5.74) is 9.29. The average molecular weight is 595 g/mol. The van der Waals surface area contributed by atoms with Crippen molar-refractivity contribution in [2.24, 2.45) is 0 Å². The minimum absolute atomic E-state index is 0.600. The maximum absolute atomic E-state index is 5.08. The standard InChI is InChI=1S/C40H26N4S/c1-4-12-27(13-5-1)29-22-24-30(25-23-29)37-42-38(33-19-10-18-32(26-33)28-14-6-2-7-15-28)44-39(43-37)34-20-11-21-35-36(34)41-40(45-35)31-16-8-3-9-17-31/h1-26H. The molecule has 6 aromatic carbocycles. The summed E-state index contributed by atoms with van der Waals surface area (Å²) in [5, 5.41) is 0.972. The van der Waals surface area contributed by atoms with Gasteiger partial charge >= 0.3 is 0 Å². The highest BCUT2D eigenvalue weighted by atomic mass is 32.1. The molecule has 4 nitrogen and oxygen atoms in total. The lowest BCUT2D eigenvalue weighted by Crippen LogP contribution is -2.00. The lowest BCUT2D eigenvalue weighted by atomic mass is 10.0. The van der Waals surface area contributed by atoms with Gasteiger partial charge in [-0.1, -0.05) is 140 Å². The van der Waals surface area contributed by atoms with Crippen LogP contribution in [0.3, 0.4) is 0 Å². The first-order valence-electron chi connectivity index (χ1n) is 14.8. The molecule has 0 aliphatic rings. The normalized spacial score (nSPS) is 11.1. The second kappa shape index (κ2) is 11.7. The van der Waals surface area contributed by atoms with Gasteiger partial charge in [-0.3, -0.25) is 0 Å². The Bertz CT molecular complexity index is 2250. The van der Waals surface area contributed by atoms with Gasteiger partial charge in [0, 0.05) is 22.3 Å². The van der Waals surface area contributed by atoms with E-state index in [0.717, 1.165) is 54.2 Å². The Labute approximate surface area is 265 Å². The first kappa shape index (κ1) is 26.8. The Morgan fingerprint density at radius 3 is 1.51 bits per heavy atom. The quantitative estimate of drug-likeness (QED) is 0.192. The summed E-state index contributed by atoms with van der Waals surface area (Å²) in [6, 6.07) is 54.1. The molecule has 0 saturated carbocycles. The van der Waals surface area contributed by atoms with E-state index < -0.39 is 0 Å². The van der Waals surface area contributed by atoms with Crippen LogP contribution in [0.5, 0.6) is 0 Å². The van der Waals surface area contributed by atoms with Crippen LogP contribution in [0.15, 0.2) is 158 Å². The number of hydrogen-bond donors (Lipinski definition) is 0. The first-order chi connectivity index (χ1) is 22.3. The van der Waals surface area contributed by atoms with Gasteiger partial charge in [0.25, 0.3) is 0 Å². The molecule has 0 N–H and O–H groups in total. The minimum Gasteiger partial charge on any atom is -0.235 e. The highest BCUT2D eigenvalue weighted by molar-refractivity contribution is 7.21. The van der Waals surface area contributed by atoms with E-state index in [-0.39, 0.29) is 0 Å². The Morgan fingerprint density at radius 1 is 0.333 bits per heavy atom. The molecular formula is C40H26N4S. The lowest BCUT2D eigenvalue weighted by molar-refractivity contribution is 1.08. The Balaban J connectivity index is 1.28. The van der Waals surface area contributed by atoms with E-state index in [1.165, 1.54) is 5.56 Å². The van der Waals surface area contributed by atoms with Crippen LogP contribution in [0.2, 0.25) is 0 Å². The van der Waals surface area contributed by atoms with Gasteiger partial charge in [0.15, 0.2) is 17.5 Å². The number of hydrogen-bond acceptors (Lipinski definition) is 5. The molecular weight excluding hydrogens is 569 g/mol. The zero-order chi connectivity index (χ0) is 30.0. The predicted molar refractivity (Wildman–Crippen MR) is 186 cm³/mol. The second-order valence-electron chi connectivity index (χ2n) is 10.7. The number of aromatic nitrogens is 4. The van der Waals surface area contributed by atoms with E-state index in [4.69, 9.17) is 19.9 Å². The summed E-state index contributed by atoms with van der Waals surface area (Å²) in [6.45, 7) is 0. The molecule has 8 rings (SSSR count). The summed E-state index contributed by atoms with van der Waals surface area (Å²) < 4.78 is 1.09. The van der Waals surface area contributed by atoms with E-state index in [9.17, 15) is 0 Å². The fourth-order valence-corrected chi connectivity index (χ4v) is 6.50. The molecule has 8 aromatic rings. The first-order valence-corrected chi connectivity index (χ1v) is 15.6. The van der Waals surface area contributed by atoms with Crippen LogP contribution >= 0.6 is 11.3 Å². The van der Waals surface area contributed by atoms with Crippen molar-refractivity contribution >= 4 is 21.6 Å². The number of rotatable bonds is 6. The van der Waals surface area contributed by atoms with E-state index in [1.54, 1.807) is 11.3 Å². The van der Waals surface area contributed by atoms with Gasteiger partial charge in [0.1, 0.15) is 5.01 Å². The van der Waals surface area contributed by atoms with Gasteiger partial charge in [-0.15, -0.1) is 11.3 Å². The van der Waals surface area contributed by atoms with Gasteiger partial charge in [-0.2, -0.15) is 0 Å². The molecule has 5 heteroatoms. The van der Waals surface area contributed by atoms with Crippen LogP contribution < -0.4 is 0 Å². The van der Waals surface area contributed by atoms with Crippen molar-refractivity contribution in [2.75, 3.05) is 0 Å². The van der Waals surface area contributed by atoms with Crippen LogP contribution in [0.25, 0.3) is 77.2 Å². The Hall–Kier alpha value is -5.78. The molecule has 0 aliphatic heterocycles. The lowest BCUT2D eigenvalue weighted by Gasteiger charge is -2.10. The number of para-hydroxylation sites is 1. The van der Waals surface area contributed by atoms with Crippen LogP contribution in [0.1, 0.15) is 0 Å². The van der Waals surface area contributed by atoms with Crippen LogP contribution in [-0.2, 0) is 0 Å². The maximum atomic E-state index is 5.08. The zero-order valence-corrected chi connectivity index (χ0v) is 25.0. The Kier molecular flexibility index (Phi) is 6.98. The van der Waals surface area contributed by atoms with Gasteiger partial charge in [0.05, 0.1) is 10.2 Å². The number of thiazole rings is 1. The van der Waals surface area contributed by atoms with Crippen LogP contribution in [0.4, 0.5) is 0 Å². The fraction of sp³-hybridized carbons (Fsp3) is 0. The molecule has 0 spiro atoms. The number of benzene rings is 6. The second-order valence-corrected chi connectivity index (χ2v) is 11.8. The van der Waals surface area contributed by atoms with Crippen molar-refractivity contribution in [3.63, 3.8) is 0 Å². The fourth-order valence-electron chi connectivity index (χ4n) is 5.50. The highest BCUT2D eigenvalue weighted by Crippen LogP contribution is 2.36. The van der Waals surface area contributed by atoms with Crippen LogP contribution in [0, 0.1) is 0 Å². The third-order valence-corrected chi connectivity index (χ3v) is 8.86. The highest BCUT2D eigenvalue weighted by Gasteiger charge is 2.17. The maximum Gasteiger partial charge on any atom is 0.166 e. The van der Waals surface area contributed by atoms with E-state index in [2.05, 4.69) is 127 Å². The Morgan fingerprint density at radius 2 is 0.822 bits per heavy atom. The molecule has 0 atom stereocenters. The number of nitrogens with zero attached hydrogens (tertiary/aromatic N) is 4. The van der Waals surface area contributed by atoms with Gasteiger partial charge < -0.3 is 0 Å². The largest absolute Gasteiger partial charge is 0.235 e. The monoisotopic (exact) mass is 594 g/mol. The molecule has 212 valence electrons. The molecule has 0 radical (unpaired) electrons. The predicted octanol–water partition coefficient (Wildman–Crippen LogP) is 10.5. The molecule has 2 heterocycles. The molecule has 2 aromatic heterocycles. The molecule has 0 bridgehead atoms. The van der Waals surface area contributed by atoms with E-state index in [1.807, 2.05) is 30.3 Å². The molecule has 0 amide bonds. The van der Waals surface area contributed by atoms with Crippen molar-refractivity contribution in [1.82, 2.24) is 19.9 Å². The molecule has 0 saturated heterocycles. The minimum atomic E-state index is 0.600. The summed E-state index contributed by atoms with van der Waals surface area (Å²) in [6.07, 6.45) is 0. The SMILES string of the molecule is c1ccc(-c2ccc(-c3nc(-c4cccc(-c5ccccc5)c4)nc(-c4cccc5sc(-c6ccccc6)nc45)n3)cc2)cc1. The van der Waals surface area contributed by atoms with Crippen molar-refractivity contribution in [1.29, 1.82) is 0 Å². The van der Waals surface area contributed by atoms with Crippen molar-refractivity contribution in [3.05, 3.63) is 158 Å². The van der Waals surface area contributed by atoms with Crippen molar-refractivity contribution in [2.45, 2.75) is 0 Å². The van der Waals surface area contributed by atoms with E-state index in [0.29, 0.717) is 17.5 Å². The van der Waals surface area contributed by atoms with Crippen molar-refractivity contribution < 1.29 is 0 Å². The summed E-state index contributed by atoms with van der Waals surface area (Å²) in [4.78, 5) is 20.2. The molecule has 0 fully saturated rings. The van der Waals surface area contributed by atoms with E-state index >= 15 is 0 Å². The summed E-state index contributed by atoms with van der Waals surface area (Å²) in [7, 11) is 0. The summed E-state index contributed by atoms with van der Waals surface area (Å²) in [5.74, 6) is 1.84. The zero-order valence-electron chi connectivity index (χ0n) is 24.2. The van der Waals surface area contributed by atoms with Crippen LogP contribution in [-0.4, -0.2) is 19.9 Å². The third kappa shape index (κ3) is 5.42. The van der Waals surface area contributed by atoms with Crippen molar-refractivity contribution in [3.8, 4) is 67.0 Å². The number of fused-ring (bicyclic) bond motifs is 1. The van der Waals surface area contributed by atoms with Gasteiger partial charge in [-0.05, 0) is 40.5 Å². The molecule has 0 unspecified atom stereocenters. The topological polar surface area (TPSA) is 51.6 Å². The molecule has 0 aliphatic carbocycles. The van der Waals surface area contributed by atoms with Gasteiger partial charge in [0.2, 0.25) is 0 Å². The summed E-state index contributed by atoms with van der Waals surface area (Å²) >= 11 is 1.68.